The lowest BCUT2D eigenvalue weighted by molar-refractivity contribution is 0.436. The van der Waals surface area contributed by atoms with Crippen LogP contribution in [0.4, 0.5) is 17.1 Å². The van der Waals surface area contributed by atoms with Gasteiger partial charge in [-0.05, 0) is 134 Å². The highest BCUT2D eigenvalue weighted by atomic mass is 32.2. The lowest BCUT2D eigenvalue weighted by Crippen LogP contribution is -2.32. The summed E-state index contributed by atoms with van der Waals surface area (Å²) in [6.45, 7) is 0. The number of hydrogen-bond donors (Lipinski definition) is 0. The quantitative estimate of drug-likeness (QED) is 0.176. The van der Waals surface area contributed by atoms with E-state index in [0.717, 1.165) is 72.8 Å². The molecule has 3 heterocycles. The maximum atomic E-state index is 6.76. The molecule has 0 unspecified atom stereocenters. The van der Waals surface area contributed by atoms with E-state index in [9.17, 15) is 0 Å². The lowest BCUT2D eigenvalue weighted by atomic mass is 9.66. The second-order valence-electron chi connectivity index (χ2n) is 19.4. The Morgan fingerprint density at radius 2 is 0.861 bits per heavy atom. The molecule has 2 aliphatic heterocycles. The van der Waals surface area contributed by atoms with E-state index >= 15 is 0 Å². The van der Waals surface area contributed by atoms with Crippen LogP contribution < -0.4 is 9.64 Å². The number of hydrogen-bond acceptors (Lipinski definition) is 4. The van der Waals surface area contributed by atoms with E-state index in [2.05, 4.69) is 241 Å². The Bertz CT molecular complexity index is 4170. The van der Waals surface area contributed by atoms with Gasteiger partial charge in [-0.2, -0.15) is 0 Å². The van der Waals surface area contributed by atoms with E-state index < -0.39 is 10.8 Å². The summed E-state index contributed by atoms with van der Waals surface area (Å²) in [5, 5.41) is 2.25. The highest BCUT2D eigenvalue weighted by molar-refractivity contribution is 7.99. The Morgan fingerprint density at radius 1 is 0.333 bits per heavy atom. The average Bonchev–Trinajstić information content (AvgIpc) is 4.06. The molecule has 3 nitrogen and oxygen atoms in total. The largest absolute Gasteiger partial charge is 0.457 e. The molecule has 0 saturated carbocycles. The zero-order valence-corrected chi connectivity index (χ0v) is 39.7. The van der Waals surface area contributed by atoms with E-state index in [1.165, 1.54) is 65.4 Å². The number of ether oxygens (including phenoxy) is 1. The Kier molecular flexibility index (Phi) is 8.24. The molecule has 4 aliphatic rings. The van der Waals surface area contributed by atoms with Gasteiger partial charge < -0.3 is 14.1 Å². The molecule has 2 spiro atoms. The Morgan fingerprint density at radius 3 is 1.60 bits per heavy atom. The average molecular weight is 936 g/mol. The first-order valence-corrected chi connectivity index (χ1v) is 25.5. The van der Waals surface area contributed by atoms with Gasteiger partial charge in [0.1, 0.15) is 22.7 Å². The van der Waals surface area contributed by atoms with Crippen molar-refractivity contribution >= 4 is 50.8 Å². The molecule has 336 valence electrons. The highest BCUT2D eigenvalue weighted by Crippen LogP contribution is 2.66. The van der Waals surface area contributed by atoms with Crippen molar-refractivity contribution in [2.45, 2.75) is 20.6 Å². The van der Waals surface area contributed by atoms with Gasteiger partial charge in [0.25, 0.3) is 0 Å². The Balaban J connectivity index is 0.963. The predicted octanol–water partition coefficient (Wildman–Crippen LogP) is 18.0. The fraction of sp³-hybridized carbons (Fsp3) is 0.0294. The van der Waals surface area contributed by atoms with Crippen LogP contribution in [0.25, 0.3) is 55.3 Å². The summed E-state index contributed by atoms with van der Waals surface area (Å²) in [6, 6.07) is 91.8. The first-order chi connectivity index (χ1) is 35.7. The van der Waals surface area contributed by atoms with Gasteiger partial charge in [-0.3, -0.25) is 0 Å². The molecule has 0 bridgehead atoms. The molecular weight excluding hydrogens is 895 g/mol. The fourth-order valence-corrected chi connectivity index (χ4v) is 14.4. The number of rotatable bonds is 4. The van der Waals surface area contributed by atoms with Crippen LogP contribution in [0.15, 0.2) is 263 Å². The number of furan rings is 1. The van der Waals surface area contributed by atoms with Crippen LogP contribution in [-0.2, 0) is 10.8 Å². The van der Waals surface area contributed by atoms with E-state index in [1.807, 2.05) is 23.9 Å². The minimum Gasteiger partial charge on any atom is -0.457 e. The van der Waals surface area contributed by atoms with Gasteiger partial charge >= 0.3 is 0 Å². The molecule has 72 heavy (non-hydrogen) atoms. The number of anilines is 3. The van der Waals surface area contributed by atoms with Crippen LogP contribution in [0, 0.1) is 0 Å². The Labute approximate surface area is 421 Å². The predicted molar refractivity (Wildman–Crippen MR) is 293 cm³/mol. The number of nitrogens with zero attached hydrogens (tertiary/aromatic N) is 1. The van der Waals surface area contributed by atoms with Gasteiger partial charge in [0.2, 0.25) is 0 Å². The molecular formula is C68H41NO2S. The van der Waals surface area contributed by atoms with Crippen LogP contribution in [0.2, 0.25) is 0 Å². The number of fused-ring (bicyclic) bond motifs is 21. The zero-order valence-electron chi connectivity index (χ0n) is 38.8. The fourth-order valence-electron chi connectivity index (χ4n) is 13.2. The highest BCUT2D eigenvalue weighted by Gasteiger charge is 2.53. The van der Waals surface area contributed by atoms with E-state index in [0.29, 0.717) is 0 Å². The van der Waals surface area contributed by atoms with Gasteiger partial charge in [-0.1, -0.05) is 188 Å². The van der Waals surface area contributed by atoms with Gasteiger partial charge in [-0.15, -0.1) is 0 Å². The molecule has 2 aliphatic carbocycles. The molecule has 1 aromatic heterocycles. The normalized spacial score (nSPS) is 14.4. The summed E-state index contributed by atoms with van der Waals surface area (Å²) in [4.78, 5) is 5.10. The summed E-state index contributed by atoms with van der Waals surface area (Å²) in [6.07, 6.45) is 0. The minimum absolute atomic E-state index is 0.531. The van der Waals surface area contributed by atoms with Gasteiger partial charge in [0.15, 0.2) is 0 Å². The molecule has 16 rings (SSSR count). The molecule has 11 aromatic carbocycles. The molecule has 0 N–H and O–H groups in total. The van der Waals surface area contributed by atoms with Crippen molar-refractivity contribution in [2.75, 3.05) is 4.90 Å². The standard InChI is InChI=1S/C68H41NO2S/c1-4-19-51-46(16-1)47-38-37-45(41-58(47)68(51)55-23-8-13-30-64(55)72-65-31-14-9-24-56(65)68)69(44-35-32-42(33-36-44)43-34-39-61-50(40-43)48-17-3-10-27-60(48)70-61)59-26-15-25-57-66(59)49-18-2-5-20-52(49)67(57)53-21-6-11-28-62(53)71-63-29-12-7-22-54(63)67/h1-41H. The van der Waals surface area contributed by atoms with Crippen molar-refractivity contribution in [3.63, 3.8) is 0 Å². The van der Waals surface area contributed by atoms with Crippen molar-refractivity contribution < 1.29 is 9.15 Å². The van der Waals surface area contributed by atoms with Crippen molar-refractivity contribution in [3.05, 3.63) is 293 Å². The SMILES string of the molecule is c1ccc2c(c1)Oc1ccccc1C21c2ccccc2-c2c(N(c3ccc(-c4ccc5oc6ccccc6c5c4)cc3)c3ccc4c(c3)C3(c5ccccc5Sc5ccccc53)c3ccccc3-4)cccc21. The number of para-hydroxylation sites is 3. The molecule has 4 heteroatoms. The van der Waals surface area contributed by atoms with Gasteiger partial charge in [0, 0.05) is 48.6 Å². The maximum Gasteiger partial charge on any atom is 0.135 e. The number of benzene rings is 11. The third-order valence-electron chi connectivity index (χ3n) is 16.0. The minimum atomic E-state index is -0.615. The lowest BCUT2D eigenvalue weighted by Gasteiger charge is -2.40. The molecule has 0 amide bonds. The molecule has 0 saturated heterocycles. The van der Waals surface area contributed by atoms with E-state index in [1.54, 1.807) is 0 Å². The van der Waals surface area contributed by atoms with Crippen molar-refractivity contribution in [2.24, 2.45) is 0 Å². The molecule has 12 aromatic rings. The topological polar surface area (TPSA) is 25.6 Å². The van der Waals surface area contributed by atoms with E-state index in [-0.39, 0.29) is 0 Å². The van der Waals surface area contributed by atoms with Crippen LogP contribution in [0.5, 0.6) is 11.5 Å². The Hall–Kier alpha value is -8.83. The molecule has 0 atom stereocenters. The maximum absolute atomic E-state index is 6.76. The summed E-state index contributed by atoms with van der Waals surface area (Å²) in [7, 11) is 0. The second-order valence-corrected chi connectivity index (χ2v) is 20.5. The third-order valence-corrected chi connectivity index (χ3v) is 17.2. The molecule has 0 fully saturated rings. The molecule has 0 radical (unpaired) electrons. The van der Waals surface area contributed by atoms with E-state index in [4.69, 9.17) is 9.15 Å². The van der Waals surface area contributed by atoms with Gasteiger partial charge in [0.05, 0.1) is 16.5 Å². The van der Waals surface area contributed by atoms with Crippen molar-refractivity contribution in [3.8, 4) is 44.9 Å². The van der Waals surface area contributed by atoms with Crippen molar-refractivity contribution in [1.82, 2.24) is 0 Å². The monoisotopic (exact) mass is 935 g/mol. The van der Waals surface area contributed by atoms with Crippen LogP contribution >= 0.6 is 11.8 Å². The van der Waals surface area contributed by atoms with Crippen molar-refractivity contribution in [1.29, 1.82) is 0 Å². The van der Waals surface area contributed by atoms with Crippen LogP contribution in [-0.4, -0.2) is 0 Å². The van der Waals surface area contributed by atoms with Gasteiger partial charge in [-0.25, -0.2) is 0 Å². The summed E-state index contributed by atoms with van der Waals surface area (Å²) >= 11 is 1.88. The first-order valence-electron chi connectivity index (χ1n) is 24.7. The summed E-state index contributed by atoms with van der Waals surface area (Å²) in [5.74, 6) is 1.76. The summed E-state index contributed by atoms with van der Waals surface area (Å²) in [5.41, 5.74) is 21.2. The van der Waals surface area contributed by atoms with Crippen LogP contribution in [0.3, 0.4) is 0 Å². The third kappa shape index (κ3) is 5.21. The smallest absolute Gasteiger partial charge is 0.135 e. The summed E-state index contributed by atoms with van der Waals surface area (Å²) < 4.78 is 13.0. The first kappa shape index (κ1) is 40.0. The second kappa shape index (κ2) is 14.8. The zero-order chi connectivity index (χ0) is 47.1. The van der Waals surface area contributed by atoms with Crippen LogP contribution in [0.1, 0.15) is 44.5 Å².